The van der Waals surface area contributed by atoms with E-state index in [0.29, 0.717) is 0 Å². The first-order valence-electron chi connectivity index (χ1n) is 7.04. The van der Waals surface area contributed by atoms with E-state index in [0.717, 1.165) is 17.8 Å². The van der Waals surface area contributed by atoms with Gasteiger partial charge in [-0.05, 0) is 17.8 Å². The van der Waals surface area contributed by atoms with Gasteiger partial charge >= 0.3 is 0 Å². The van der Waals surface area contributed by atoms with E-state index in [9.17, 15) is 0 Å². The molecule has 2 unspecified atom stereocenters. The summed E-state index contributed by atoms with van der Waals surface area (Å²) < 4.78 is 0. The normalized spacial score (nSPS) is 22.8. The van der Waals surface area contributed by atoms with Crippen LogP contribution in [0, 0.1) is 17.8 Å². The fraction of sp³-hybridized carbons (Fsp3) is 1.00. The van der Waals surface area contributed by atoms with E-state index < -0.39 is 0 Å². The van der Waals surface area contributed by atoms with Crippen molar-refractivity contribution < 1.29 is 0 Å². The highest BCUT2D eigenvalue weighted by Gasteiger charge is 2.17. The van der Waals surface area contributed by atoms with Crippen molar-refractivity contribution >= 4 is 0 Å². The average molecular weight is 216 g/mol. The van der Waals surface area contributed by atoms with Crippen LogP contribution in [0.4, 0.5) is 0 Å². The van der Waals surface area contributed by atoms with Gasteiger partial charge in [0.2, 0.25) is 0 Å². The lowest BCUT2D eigenvalue weighted by Crippen LogP contribution is -1.95. The summed E-state index contributed by atoms with van der Waals surface area (Å²) in [5.74, 6) is 2.86. The number of hydrogen-bond donors (Lipinski definition) is 0. The summed E-state index contributed by atoms with van der Waals surface area (Å²) in [5.41, 5.74) is 0. The van der Waals surface area contributed by atoms with Crippen LogP contribution in [0.5, 0.6) is 0 Å². The molecule has 0 saturated heterocycles. The van der Waals surface area contributed by atoms with Crippen molar-refractivity contribution in [1.82, 2.24) is 0 Å². The molecule has 2 atom stereocenters. The van der Waals surface area contributed by atoms with Crippen LogP contribution in [0.3, 0.4) is 0 Å². The maximum atomic E-state index is 2.36. The minimum atomic E-state index is 0.833. The maximum Gasteiger partial charge on any atom is -0.0417 e. The second-order valence-electron chi connectivity index (χ2n) is 4.62. The zero-order chi connectivity index (χ0) is 12.9. The SMILES string of the molecule is CC.CC.CC(C)C.CC1CCCC1C. The Morgan fingerprint density at radius 1 is 0.733 bits per heavy atom. The van der Waals surface area contributed by atoms with Gasteiger partial charge in [0.15, 0.2) is 0 Å². The largest absolute Gasteiger partial charge is 0.0683 e. The summed E-state index contributed by atoms with van der Waals surface area (Å²) in [5, 5.41) is 0. The third-order valence-electron chi connectivity index (χ3n) is 2.29. The highest BCUT2D eigenvalue weighted by Crippen LogP contribution is 2.29. The molecule has 0 N–H and O–H groups in total. The van der Waals surface area contributed by atoms with Gasteiger partial charge < -0.3 is 0 Å². The Kier molecular flexibility index (Phi) is 22.4. The fourth-order valence-corrected chi connectivity index (χ4v) is 1.33. The summed E-state index contributed by atoms with van der Waals surface area (Å²) in [6.07, 6.45) is 4.42. The Balaban J connectivity index is -0.000000156. The predicted octanol–water partition coefficient (Wildman–Crippen LogP) is 6.16. The Bertz CT molecular complexity index is 73.3. The Labute approximate surface area is 99.9 Å². The Hall–Kier alpha value is 0. The van der Waals surface area contributed by atoms with E-state index in [1.807, 2.05) is 27.7 Å². The zero-order valence-electron chi connectivity index (χ0n) is 12.9. The molecule has 0 bridgehead atoms. The molecule has 0 heteroatoms. The van der Waals surface area contributed by atoms with Gasteiger partial charge in [-0.15, -0.1) is 0 Å². The van der Waals surface area contributed by atoms with E-state index in [1.54, 1.807) is 0 Å². The summed E-state index contributed by atoms with van der Waals surface area (Å²) in [6.45, 7) is 19.2. The van der Waals surface area contributed by atoms with E-state index in [2.05, 4.69) is 34.6 Å². The first-order chi connectivity index (χ1) is 7.04. The van der Waals surface area contributed by atoms with Crippen LogP contribution in [0.2, 0.25) is 0 Å². The summed E-state index contributed by atoms with van der Waals surface area (Å²) in [7, 11) is 0. The Morgan fingerprint density at radius 2 is 0.933 bits per heavy atom. The second-order valence-corrected chi connectivity index (χ2v) is 4.62. The van der Waals surface area contributed by atoms with Gasteiger partial charge in [-0.3, -0.25) is 0 Å². The minimum absolute atomic E-state index is 0.833. The van der Waals surface area contributed by atoms with Crippen LogP contribution in [0.15, 0.2) is 0 Å². The highest BCUT2D eigenvalue weighted by atomic mass is 14.2. The third kappa shape index (κ3) is 20.2. The maximum absolute atomic E-state index is 2.36. The first-order valence-corrected chi connectivity index (χ1v) is 7.04. The lowest BCUT2D eigenvalue weighted by molar-refractivity contribution is 0.457. The second kappa shape index (κ2) is 16.4. The summed E-state index contributed by atoms with van der Waals surface area (Å²) in [6, 6.07) is 0. The minimum Gasteiger partial charge on any atom is -0.0683 e. The molecule has 0 heterocycles. The fourth-order valence-electron chi connectivity index (χ4n) is 1.33. The van der Waals surface area contributed by atoms with Gasteiger partial charge in [0, 0.05) is 0 Å². The van der Waals surface area contributed by atoms with E-state index in [1.165, 1.54) is 19.3 Å². The molecular formula is C15H36. The number of hydrogen-bond acceptors (Lipinski definition) is 0. The standard InChI is InChI=1S/C7H14.C4H10.2C2H6/c1-6-4-3-5-7(6)2;1-4(2)3;2*1-2/h6-7H,3-5H2,1-2H3;4H,1-3H3;2*1-2H3. The lowest BCUT2D eigenvalue weighted by atomic mass is 10.0. The molecular weight excluding hydrogens is 180 g/mol. The average Bonchev–Trinajstić information content (AvgIpc) is 2.57. The molecule has 0 aliphatic heterocycles. The molecule has 1 aliphatic rings. The van der Waals surface area contributed by atoms with Crippen molar-refractivity contribution in [2.24, 2.45) is 17.8 Å². The van der Waals surface area contributed by atoms with Crippen LogP contribution in [0.1, 0.15) is 81.6 Å². The molecule has 0 aromatic heterocycles. The van der Waals surface area contributed by atoms with Crippen LogP contribution < -0.4 is 0 Å². The molecule has 1 saturated carbocycles. The van der Waals surface area contributed by atoms with Gasteiger partial charge in [-0.2, -0.15) is 0 Å². The molecule has 15 heavy (non-hydrogen) atoms. The van der Waals surface area contributed by atoms with Crippen molar-refractivity contribution in [3.05, 3.63) is 0 Å². The smallest absolute Gasteiger partial charge is 0.0417 e. The van der Waals surface area contributed by atoms with Crippen molar-refractivity contribution in [1.29, 1.82) is 0 Å². The van der Waals surface area contributed by atoms with Gasteiger partial charge in [-0.1, -0.05) is 81.6 Å². The first kappa shape index (κ1) is 20.4. The molecule has 1 rings (SSSR count). The van der Waals surface area contributed by atoms with Crippen molar-refractivity contribution in [2.45, 2.75) is 81.6 Å². The van der Waals surface area contributed by atoms with Crippen LogP contribution in [-0.2, 0) is 0 Å². The van der Waals surface area contributed by atoms with Gasteiger partial charge in [0.25, 0.3) is 0 Å². The van der Waals surface area contributed by atoms with Gasteiger partial charge in [-0.25, -0.2) is 0 Å². The summed E-state index contributed by atoms with van der Waals surface area (Å²) in [4.78, 5) is 0. The lowest BCUT2D eigenvalue weighted by Gasteiger charge is -2.05. The predicted molar refractivity (Wildman–Crippen MR) is 75.4 cm³/mol. The molecule has 0 spiro atoms. The van der Waals surface area contributed by atoms with Crippen molar-refractivity contribution in [3.8, 4) is 0 Å². The molecule has 0 nitrogen and oxygen atoms in total. The Morgan fingerprint density at radius 3 is 1.00 bits per heavy atom. The van der Waals surface area contributed by atoms with Gasteiger partial charge in [0.1, 0.15) is 0 Å². The quantitative estimate of drug-likeness (QED) is 0.455. The van der Waals surface area contributed by atoms with Crippen LogP contribution in [-0.4, -0.2) is 0 Å². The summed E-state index contributed by atoms with van der Waals surface area (Å²) >= 11 is 0. The molecule has 0 amide bonds. The van der Waals surface area contributed by atoms with Crippen molar-refractivity contribution in [3.63, 3.8) is 0 Å². The van der Waals surface area contributed by atoms with Gasteiger partial charge in [0.05, 0.1) is 0 Å². The molecule has 1 fully saturated rings. The van der Waals surface area contributed by atoms with Crippen LogP contribution in [0.25, 0.3) is 0 Å². The monoisotopic (exact) mass is 216 g/mol. The highest BCUT2D eigenvalue weighted by molar-refractivity contribution is 4.69. The van der Waals surface area contributed by atoms with E-state index >= 15 is 0 Å². The third-order valence-corrected chi connectivity index (χ3v) is 2.29. The van der Waals surface area contributed by atoms with E-state index in [-0.39, 0.29) is 0 Å². The molecule has 0 radical (unpaired) electrons. The van der Waals surface area contributed by atoms with Crippen molar-refractivity contribution in [2.75, 3.05) is 0 Å². The molecule has 1 aliphatic carbocycles. The molecule has 0 aromatic rings. The number of rotatable bonds is 0. The van der Waals surface area contributed by atoms with E-state index in [4.69, 9.17) is 0 Å². The van der Waals surface area contributed by atoms with Crippen LogP contribution >= 0.6 is 0 Å². The molecule has 96 valence electrons. The topological polar surface area (TPSA) is 0 Å². The molecule has 0 aromatic carbocycles. The zero-order valence-corrected chi connectivity index (χ0v) is 12.9.